The number of nitrogens with one attached hydrogen (secondary N) is 1. The number of rotatable bonds is 3. The van der Waals surface area contributed by atoms with Crippen LogP contribution in [-0.4, -0.2) is 4.99 Å². The summed E-state index contributed by atoms with van der Waals surface area (Å²) in [6, 6.07) is 11.3. The zero-order valence-electron chi connectivity index (χ0n) is 9.58. The summed E-state index contributed by atoms with van der Waals surface area (Å²) in [4.78, 5) is 0.332. The normalized spacial score (nSPS) is 10.3. The van der Waals surface area contributed by atoms with E-state index in [2.05, 4.69) is 37.2 Å². The standard InChI is InChI=1S/C13H9Br2ClN2S/c14-8-2-4-11(9(15)6-8)18-12-3-1-7(13(17)19)5-10(12)16/h1-6,18H,(H2,17,19). The van der Waals surface area contributed by atoms with Crippen LogP contribution < -0.4 is 11.1 Å². The van der Waals surface area contributed by atoms with Crippen LogP contribution in [0.5, 0.6) is 0 Å². The van der Waals surface area contributed by atoms with Crippen molar-refractivity contribution in [2.24, 2.45) is 5.73 Å². The molecule has 2 aromatic carbocycles. The Hall–Kier alpha value is -0.620. The molecule has 0 bridgehead atoms. The van der Waals surface area contributed by atoms with Gasteiger partial charge in [-0.3, -0.25) is 0 Å². The van der Waals surface area contributed by atoms with Crippen molar-refractivity contribution in [3.05, 3.63) is 55.9 Å². The van der Waals surface area contributed by atoms with E-state index in [9.17, 15) is 0 Å². The van der Waals surface area contributed by atoms with Gasteiger partial charge in [0.1, 0.15) is 4.99 Å². The Kier molecular flexibility index (Phi) is 4.84. The third-order valence-corrected chi connectivity index (χ3v) is 4.15. The minimum absolute atomic E-state index is 0.332. The van der Waals surface area contributed by atoms with E-state index < -0.39 is 0 Å². The number of nitrogens with two attached hydrogens (primary N) is 1. The van der Waals surface area contributed by atoms with Gasteiger partial charge in [-0.05, 0) is 52.3 Å². The highest BCUT2D eigenvalue weighted by Gasteiger charge is 2.06. The van der Waals surface area contributed by atoms with Gasteiger partial charge in [0, 0.05) is 14.5 Å². The van der Waals surface area contributed by atoms with Gasteiger partial charge in [0.2, 0.25) is 0 Å². The summed E-state index contributed by atoms with van der Waals surface area (Å²) in [6.07, 6.45) is 0. The number of benzene rings is 2. The van der Waals surface area contributed by atoms with Gasteiger partial charge in [-0.2, -0.15) is 0 Å². The van der Waals surface area contributed by atoms with Crippen LogP contribution in [0.4, 0.5) is 11.4 Å². The summed E-state index contributed by atoms with van der Waals surface area (Å²) in [5, 5.41) is 3.82. The van der Waals surface area contributed by atoms with Gasteiger partial charge < -0.3 is 11.1 Å². The summed E-state index contributed by atoms with van der Waals surface area (Å²) in [5.74, 6) is 0. The fraction of sp³-hybridized carbons (Fsp3) is 0. The minimum Gasteiger partial charge on any atom is -0.389 e. The van der Waals surface area contributed by atoms with Crippen molar-refractivity contribution < 1.29 is 0 Å². The average Bonchev–Trinajstić information content (AvgIpc) is 2.34. The molecule has 0 radical (unpaired) electrons. The van der Waals surface area contributed by atoms with E-state index in [0.29, 0.717) is 10.0 Å². The molecule has 0 unspecified atom stereocenters. The van der Waals surface area contributed by atoms with E-state index in [1.807, 2.05) is 30.3 Å². The first-order chi connectivity index (χ1) is 8.97. The van der Waals surface area contributed by atoms with Crippen molar-refractivity contribution in [1.29, 1.82) is 0 Å². The molecule has 0 aromatic heterocycles. The number of hydrogen-bond acceptors (Lipinski definition) is 2. The van der Waals surface area contributed by atoms with Crippen molar-refractivity contribution in [3.63, 3.8) is 0 Å². The fourth-order valence-electron chi connectivity index (χ4n) is 1.51. The summed E-state index contributed by atoms with van der Waals surface area (Å²) < 4.78 is 1.94. The lowest BCUT2D eigenvalue weighted by molar-refractivity contribution is 1.50. The van der Waals surface area contributed by atoms with Gasteiger partial charge in [0.15, 0.2) is 0 Å². The molecule has 0 heterocycles. The maximum atomic E-state index is 6.20. The Morgan fingerprint density at radius 2 is 1.79 bits per heavy atom. The van der Waals surface area contributed by atoms with E-state index in [0.717, 1.165) is 25.9 Å². The highest BCUT2D eigenvalue weighted by atomic mass is 79.9. The predicted molar refractivity (Wildman–Crippen MR) is 92.5 cm³/mol. The Bertz CT molecular complexity index is 647. The smallest absolute Gasteiger partial charge is 0.104 e. The molecule has 0 amide bonds. The van der Waals surface area contributed by atoms with Crippen molar-refractivity contribution in [2.75, 3.05) is 5.32 Å². The summed E-state index contributed by atoms with van der Waals surface area (Å²) in [5.41, 5.74) is 8.04. The SMILES string of the molecule is NC(=S)c1ccc(Nc2ccc(Br)cc2Br)c(Cl)c1. The molecule has 2 aromatic rings. The maximum absolute atomic E-state index is 6.20. The van der Waals surface area contributed by atoms with Crippen LogP contribution in [0.2, 0.25) is 5.02 Å². The fourth-order valence-corrected chi connectivity index (χ4v) is 3.01. The van der Waals surface area contributed by atoms with Crippen molar-refractivity contribution in [3.8, 4) is 0 Å². The molecule has 0 saturated heterocycles. The van der Waals surface area contributed by atoms with Gasteiger partial charge >= 0.3 is 0 Å². The zero-order chi connectivity index (χ0) is 14.0. The minimum atomic E-state index is 0.332. The quantitative estimate of drug-likeness (QED) is 0.667. The topological polar surface area (TPSA) is 38.0 Å². The molecule has 0 spiro atoms. The first-order valence-electron chi connectivity index (χ1n) is 5.29. The van der Waals surface area contributed by atoms with Gasteiger partial charge in [-0.15, -0.1) is 0 Å². The molecule has 2 rings (SSSR count). The van der Waals surface area contributed by atoms with Crippen LogP contribution in [0.3, 0.4) is 0 Å². The Morgan fingerprint density at radius 1 is 1.11 bits per heavy atom. The molecular weight excluding hydrogens is 411 g/mol. The highest BCUT2D eigenvalue weighted by Crippen LogP contribution is 2.32. The molecule has 19 heavy (non-hydrogen) atoms. The molecule has 0 aliphatic rings. The highest BCUT2D eigenvalue weighted by molar-refractivity contribution is 9.11. The second kappa shape index (κ2) is 6.22. The van der Waals surface area contributed by atoms with Gasteiger partial charge in [-0.25, -0.2) is 0 Å². The van der Waals surface area contributed by atoms with Crippen LogP contribution >= 0.6 is 55.7 Å². The van der Waals surface area contributed by atoms with Crippen molar-refractivity contribution >= 4 is 72.0 Å². The largest absolute Gasteiger partial charge is 0.389 e. The van der Waals surface area contributed by atoms with Crippen LogP contribution in [-0.2, 0) is 0 Å². The number of anilines is 2. The molecule has 0 aliphatic heterocycles. The van der Waals surface area contributed by atoms with Gasteiger partial charge in [0.05, 0.1) is 16.4 Å². The first kappa shape index (κ1) is 14.8. The predicted octanol–water partition coefficient (Wildman–Crippen LogP) is 5.24. The molecular formula is C13H9Br2ClN2S. The molecule has 98 valence electrons. The first-order valence-corrected chi connectivity index (χ1v) is 7.66. The molecule has 3 N–H and O–H groups in total. The third kappa shape index (κ3) is 3.69. The molecule has 6 heteroatoms. The monoisotopic (exact) mass is 418 g/mol. The maximum Gasteiger partial charge on any atom is 0.104 e. The van der Waals surface area contributed by atoms with Gasteiger partial charge in [-0.1, -0.05) is 39.7 Å². The van der Waals surface area contributed by atoms with E-state index in [1.54, 1.807) is 6.07 Å². The van der Waals surface area contributed by atoms with Crippen molar-refractivity contribution in [1.82, 2.24) is 0 Å². The Labute approximate surface area is 138 Å². The van der Waals surface area contributed by atoms with E-state index in [-0.39, 0.29) is 0 Å². The lowest BCUT2D eigenvalue weighted by Gasteiger charge is -2.11. The number of hydrogen-bond donors (Lipinski definition) is 2. The zero-order valence-corrected chi connectivity index (χ0v) is 14.3. The lowest BCUT2D eigenvalue weighted by Crippen LogP contribution is -2.09. The third-order valence-electron chi connectivity index (χ3n) is 2.45. The van der Waals surface area contributed by atoms with Crippen LogP contribution in [0, 0.1) is 0 Å². The summed E-state index contributed by atoms with van der Waals surface area (Å²) >= 11 is 18.0. The van der Waals surface area contributed by atoms with Crippen LogP contribution in [0.1, 0.15) is 5.56 Å². The molecule has 2 nitrogen and oxygen atoms in total. The number of thiocarbonyl (C=S) groups is 1. The second-order valence-corrected chi connectivity index (χ2v) is 6.43. The van der Waals surface area contributed by atoms with E-state index in [4.69, 9.17) is 29.6 Å². The lowest BCUT2D eigenvalue weighted by atomic mass is 10.2. The average molecular weight is 421 g/mol. The molecule has 0 saturated carbocycles. The Morgan fingerprint density at radius 3 is 2.37 bits per heavy atom. The van der Waals surface area contributed by atoms with Gasteiger partial charge in [0.25, 0.3) is 0 Å². The van der Waals surface area contributed by atoms with E-state index in [1.165, 1.54) is 0 Å². The van der Waals surface area contributed by atoms with Crippen molar-refractivity contribution in [2.45, 2.75) is 0 Å². The Balaban J connectivity index is 2.31. The molecule has 0 aliphatic carbocycles. The van der Waals surface area contributed by atoms with Crippen LogP contribution in [0.25, 0.3) is 0 Å². The van der Waals surface area contributed by atoms with E-state index >= 15 is 0 Å². The van der Waals surface area contributed by atoms with Crippen LogP contribution in [0.15, 0.2) is 45.3 Å². The molecule has 0 fully saturated rings. The number of halogens is 3. The second-order valence-electron chi connectivity index (χ2n) is 3.81. The summed E-state index contributed by atoms with van der Waals surface area (Å²) in [6.45, 7) is 0. The molecule has 0 atom stereocenters. The summed E-state index contributed by atoms with van der Waals surface area (Å²) in [7, 11) is 0.